The first-order valence-electron chi connectivity index (χ1n) is 7.25. The Hall–Kier alpha value is -2.10. The number of fused-ring (bicyclic) bond motifs is 1. The van der Waals surface area contributed by atoms with Gasteiger partial charge in [-0.3, -0.25) is 9.78 Å². The lowest BCUT2D eigenvalue weighted by atomic mass is 10.0. The summed E-state index contributed by atoms with van der Waals surface area (Å²) in [5.41, 5.74) is 0.685. The lowest BCUT2D eigenvalue weighted by Gasteiger charge is -2.26. The van der Waals surface area contributed by atoms with Crippen molar-refractivity contribution in [1.29, 1.82) is 0 Å². The van der Waals surface area contributed by atoms with Crippen LogP contribution in [0.1, 0.15) is 34.1 Å². The van der Waals surface area contributed by atoms with Crippen LogP contribution in [-0.4, -0.2) is 22.5 Å². The van der Waals surface area contributed by atoms with E-state index in [4.69, 9.17) is 4.74 Å². The molecule has 2 aromatic rings. The van der Waals surface area contributed by atoms with E-state index >= 15 is 0 Å². The number of pyridine rings is 1. The van der Waals surface area contributed by atoms with Crippen molar-refractivity contribution in [3.63, 3.8) is 0 Å². The minimum absolute atomic E-state index is 0.116. The number of nitrogens with one attached hydrogen (secondary N) is 1. The highest BCUT2D eigenvalue weighted by atomic mass is 16.5. The molecule has 1 amide bonds. The lowest BCUT2D eigenvalue weighted by molar-refractivity contribution is -0.128. The smallest absolute Gasteiger partial charge is 0.261 e. The van der Waals surface area contributed by atoms with Crippen LogP contribution in [0.4, 0.5) is 0 Å². The second-order valence-corrected chi connectivity index (χ2v) is 5.85. The van der Waals surface area contributed by atoms with Gasteiger partial charge in [-0.05, 0) is 39.3 Å². The van der Waals surface area contributed by atoms with Crippen molar-refractivity contribution in [2.75, 3.05) is 0 Å². The lowest BCUT2D eigenvalue weighted by Crippen LogP contribution is -2.48. The molecule has 0 bridgehead atoms. The molecule has 1 unspecified atom stereocenters. The molecule has 0 aliphatic carbocycles. The zero-order valence-corrected chi connectivity index (χ0v) is 13.0. The third kappa shape index (κ3) is 3.94. The number of amides is 1. The molecule has 21 heavy (non-hydrogen) atoms. The van der Waals surface area contributed by atoms with E-state index in [1.54, 1.807) is 13.1 Å². The molecular weight excluding hydrogens is 264 g/mol. The summed E-state index contributed by atoms with van der Waals surface area (Å²) < 4.78 is 5.70. The van der Waals surface area contributed by atoms with Gasteiger partial charge in [0, 0.05) is 10.9 Å². The minimum atomic E-state index is -0.557. The van der Waals surface area contributed by atoms with Gasteiger partial charge in [-0.25, -0.2) is 0 Å². The van der Waals surface area contributed by atoms with Gasteiger partial charge in [0.05, 0.1) is 11.7 Å². The van der Waals surface area contributed by atoms with Gasteiger partial charge in [0.1, 0.15) is 5.75 Å². The summed E-state index contributed by atoms with van der Waals surface area (Å²) in [5, 5.41) is 3.98. The highest BCUT2D eigenvalue weighted by Crippen LogP contribution is 2.19. The van der Waals surface area contributed by atoms with Crippen molar-refractivity contribution < 1.29 is 9.53 Å². The molecule has 4 heteroatoms. The normalized spacial score (nSPS) is 13.0. The van der Waals surface area contributed by atoms with Crippen LogP contribution in [0.15, 0.2) is 36.5 Å². The molecular formula is C17H22N2O2. The van der Waals surface area contributed by atoms with Crippen LogP contribution in [0, 0.1) is 0 Å². The Morgan fingerprint density at radius 1 is 1.38 bits per heavy atom. The van der Waals surface area contributed by atoms with Crippen LogP contribution in [0.5, 0.6) is 5.75 Å². The van der Waals surface area contributed by atoms with Gasteiger partial charge >= 0.3 is 0 Å². The zero-order chi connectivity index (χ0) is 15.5. The van der Waals surface area contributed by atoms with E-state index in [1.807, 2.05) is 51.1 Å². The molecule has 2 rings (SSSR count). The summed E-state index contributed by atoms with van der Waals surface area (Å²) >= 11 is 0. The predicted octanol–water partition coefficient (Wildman–Crippen LogP) is 3.31. The largest absolute Gasteiger partial charge is 0.479 e. The van der Waals surface area contributed by atoms with E-state index in [1.165, 1.54) is 0 Å². The summed E-state index contributed by atoms with van der Waals surface area (Å²) in [6.07, 6.45) is 1.96. The molecule has 1 N–H and O–H groups in total. The topological polar surface area (TPSA) is 51.2 Å². The molecule has 1 aromatic heterocycles. The second-order valence-electron chi connectivity index (χ2n) is 5.85. The Labute approximate surface area is 125 Å². The number of nitrogens with zero attached hydrogens (tertiary/aromatic N) is 1. The highest BCUT2D eigenvalue weighted by molar-refractivity contribution is 5.82. The summed E-state index contributed by atoms with van der Waals surface area (Å²) in [4.78, 5) is 16.5. The summed E-state index contributed by atoms with van der Waals surface area (Å²) in [5.74, 6) is 0.487. The molecule has 1 atom stereocenters. The van der Waals surface area contributed by atoms with Gasteiger partial charge in [0.25, 0.3) is 5.91 Å². The minimum Gasteiger partial charge on any atom is -0.479 e. The van der Waals surface area contributed by atoms with Gasteiger partial charge in [-0.2, -0.15) is 0 Å². The number of para-hydroxylation sites is 1. The number of ether oxygens (including phenoxy) is 1. The van der Waals surface area contributed by atoms with E-state index < -0.39 is 6.10 Å². The SMILES string of the molecule is CCC(C)(C)NC(=O)C(C)Oc1cnc2ccccc2c1. The highest BCUT2D eigenvalue weighted by Gasteiger charge is 2.22. The fraction of sp³-hybridized carbons (Fsp3) is 0.412. The van der Waals surface area contributed by atoms with Crippen LogP contribution in [-0.2, 0) is 4.79 Å². The second kappa shape index (κ2) is 6.12. The Balaban J connectivity index is 2.07. The van der Waals surface area contributed by atoms with E-state index in [-0.39, 0.29) is 11.4 Å². The summed E-state index contributed by atoms with van der Waals surface area (Å²) in [6.45, 7) is 7.78. The first-order chi connectivity index (χ1) is 9.91. The molecule has 1 heterocycles. The van der Waals surface area contributed by atoms with Crippen molar-refractivity contribution in [3.05, 3.63) is 36.5 Å². The fourth-order valence-corrected chi connectivity index (χ4v) is 1.90. The molecule has 0 saturated carbocycles. The number of rotatable bonds is 5. The maximum Gasteiger partial charge on any atom is 0.261 e. The number of carbonyl (C=O) groups excluding carboxylic acids is 1. The fourth-order valence-electron chi connectivity index (χ4n) is 1.90. The Kier molecular flexibility index (Phi) is 4.46. The van der Waals surface area contributed by atoms with Crippen molar-refractivity contribution in [2.45, 2.75) is 45.8 Å². The van der Waals surface area contributed by atoms with E-state index in [0.29, 0.717) is 5.75 Å². The Bertz CT molecular complexity index is 637. The molecule has 0 aliphatic rings. The maximum atomic E-state index is 12.1. The number of benzene rings is 1. The number of aromatic nitrogens is 1. The maximum absolute atomic E-state index is 12.1. The van der Waals surface area contributed by atoms with Crippen molar-refractivity contribution >= 4 is 16.8 Å². The first-order valence-corrected chi connectivity index (χ1v) is 7.25. The van der Waals surface area contributed by atoms with Gasteiger partial charge in [0.2, 0.25) is 0 Å². The van der Waals surface area contributed by atoms with Crippen LogP contribution >= 0.6 is 0 Å². The molecule has 4 nitrogen and oxygen atoms in total. The molecule has 0 spiro atoms. The van der Waals surface area contributed by atoms with Gasteiger partial charge in [-0.1, -0.05) is 25.1 Å². The summed E-state index contributed by atoms with van der Waals surface area (Å²) in [7, 11) is 0. The Morgan fingerprint density at radius 2 is 2.10 bits per heavy atom. The van der Waals surface area contributed by atoms with E-state index in [9.17, 15) is 4.79 Å². The molecule has 0 radical (unpaired) electrons. The monoisotopic (exact) mass is 286 g/mol. The van der Waals surface area contributed by atoms with Crippen LogP contribution in [0.25, 0.3) is 10.9 Å². The average molecular weight is 286 g/mol. The predicted molar refractivity (Wildman–Crippen MR) is 84.3 cm³/mol. The molecule has 0 saturated heterocycles. The third-order valence-corrected chi connectivity index (χ3v) is 3.59. The molecule has 0 aliphatic heterocycles. The van der Waals surface area contributed by atoms with Gasteiger partial charge in [-0.15, -0.1) is 0 Å². The molecule has 1 aromatic carbocycles. The van der Waals surface area contributed by atoms with Crippen LogP contribution < -0.4 is 10.1 Å². The van der Waals surface area contributed by atoms with Crippen molar-refractivity contribution in [3.8, 4) is 5.75 Å². The van der Waals surface area contributed by atoms with Crippen molar-refractivity contribution in [2.24, 2.45) is 0 Å². The first kappa shape index (κ1) is 15.3. The number of hydrogen-bond acceptors (Lipinski definition) is 3. The number of carbonyl (C=O) groups is 1. The average Bonchev–Trinajstić information content (AvgIpc) is 2.46. The van der Waals surface area contributed by atoms with E-state index in [2.05, 4.69) is 10.3 Å². The molecule has 112 valence electrons. The van der Waals surface area contributed by atoms with Crippen LogP contribution in [0.2, 0.25) is 0 Å². The number of hydrogen-bond donors (Lipinski definition) is 1. The summed E-state index contributed by atoms with van der Waals surface area (Å²) in [6, 6.07) is 9.71. The van der Waals surface area contributed by atoms with Crippen molar-refractivity contribution in [1.82, 2.24) is 10.3 Å². The van der Waals surface area contributed by atoms with Gasteiger partial charge in [0.15, 0.2) is 6.10 Å². The zero-order valence-electron chi connectivity index (χ0n) is 13.0. The van der Waals surface area contributed by atoms with Gasteiger partial charge < -0.3 is 10.1 Å². The quantitative estimate of drug-likeness (QED) is 0.917. The van der Waals surface area contributed by atoms with Crippen LogP contribution in [0.3, 0.4) is 0 Å². The third-order valence-electron chi connectivity index (χ3n) is 3.59. The molecule has 0 fully saturated rings. The Morgan fingerprint density at radius 3 is 2.81 bits per heavy atom. The van der Waals surface area contributed by atoms with E-state index in [0.717, 1.165) is 17.3 Å². The standard InChI is InChI=1S/C17H22N2O2/c1-5-17(3,4)19-16(20)12(2)21-14-10-13-8-6-7-9-15(13)18-11-14/h6-12H,5H2,1-4H3,(H,19,20).